The van der Waals surface area contributed by atoms with Crippen LogP contribution in [0, 0.1) is 12.7 Å². The summed E-state index contributed by atoms with van der Waals surface area (Å²) in [7, 11) is -0.736. The van der Waals surface area contributed by atoms with Gasteiger partial charge in [0.15, 0.2) is 0 Å². The molecule has 1 heterocycles. The lowest BCUT2D eigenvalue weighted by atomic mass is 10.2. The minimum Gasteiger partial charge on any atom is -0.348 e. The number of benzene rings is 2. The highest BCUT2D eigenvalue weighted by atomic mass is 35.5. The van der Waals surface area contributed by atoms with Gasteiger partial charge < -0.3 is 5.32 Å². The van der Waals surface area contributed by atoms with Crippen LogP contribution in [0.15, 0.2) is 59.5 Å². The Morgan fingerprint density at radius 2 is 1.84 bits per heavy atom. The monoisotopic (exact) mass is 476 g/mol. The van der Waals surface area contributed by atoms with Gasteiger partial charge in [0.05, 0.1) is 16.3 Å². The summed E-state index contributed by atoms with van der Waals surface area (Å²) in [5, 5.41) is 7.31. The Kier molecular flexibility index (Phi) is 7.12. The molecule has 0 spiro atoms. The fraction of sp³-hybridized carbons (Fsp3) is 0.182. The molecule has 3 aromatic rings. The van der Waals surface area contributed by atoms with Crippen molar-refractivity contribution in [1.29, 1.82) is 0 Å². The van der Waals surface area contributed by atoms with E-state index in [2.05, 4.69) is 10.4 Å². The van der Waals surface area contributed by atoms with Crippen LogP contribution in [-0.2, 0) is 21.4 Å². The van der Waals surface area contributed by atoms with Crippen molar-refractivity contribution in [3.63, 3.8) is 0 Å². The Bertz CT molecular complexity index is 1270. The summed E-state index contributed by atoms with van der Waals surface area (Å²) < 4.78 is 40.7. The maximum atomic E-state index is 13.2. The van der Waals surface area contributed by atoms with E-state index in [1.54, 1.807) is 37.3 Å². The van der Waals surface area contributed by atoms with Gasteiger partial charge in [0.1, 0.15) is 11.0 Å². The third kappa shape index (κ3) is 5.07. The van der Waals surface area contributed by atoms with E-state index in [1.807, 2.05) is 0 Å². The number of amides is 1. The summed E-state index contributed by atoms with van der Waals surface area (Å²) in [6.45, 7) is 1.78. The highest BCUT2D eigenvalue weighted by Crippen LogP contribution is 2.25. The zero-order valence-corrected chi connectivity index (χ0v) is 19.3. The lowest BCUT2D eigenvalue weighted by Crippen LogP contribution is -2.26. The Balaban J connectivity index is 1.75. The summed E-state index contributed by atoms with van der Waals surface area (Å²) in [6, 6.07) is 12.2. The normalized spacial score (nSPS) is 11.9. The average Bonchev–Trinajstić information content (AvgIpc) is 3.04. The smallest absolute Gasteiger partial charge is 0.244 e. The summed E-state index contributed by atoms with van der Waals surface area (Å²) in [6.07, 6.45) is 2.83. The SMILES string of the molecule is Cc1nn(-c2ccc(F)cc2)c(Cl)c1/C=C/C(=O)NCc1ccccc1S(=O)(=O)N(C)C. The fourth-order valence-corrected chi connectivity index (χ4v) is 4.40. The maximum Gasteiger partial charge on any atom is 0.244 e. The minimum absolute atomic E-state index is 0.0357. The molecule has 0 saturated carbocycles. The van der Waals surface area contributed by atoms with Crippen molar-refractivity contribution in [2.45, 2.75) is 18.4 Å². The van der Waals surface area contributed by atoms with Crippen LogP contribution in [0.4, 0.5) is 4.39 Å². The molecule has 168 valence electrons. The van der Waals surface area contributed by atoms with Gasteiger partial charge in [0.25, 0.3) is 0 Å². The quantitative estimate of drug-likeness (QED) is 0.528. The molecule has 3 rings (SSSR count). The number of halogens is 2. The maximum absolute atomic E-state index is 13.2. The molecule has 0 fully saturated rings. The van der Waals surface area contributed by atoms with E-state index < -0.39 is 15.9 Å². The number of nitrogens with one attached hydrogen (secondary N) is 1. The van der Waals surface area contributed by atoms with E-state index in [0.717, 1.165) is 4.31 Å². The first-order valence-corrected chi connectivity index (χ1v) is 11.4. The minimum atomic E-state index is -3.64. The van der Waals surface area contributed by atoms with Crippen molar-refractivity contribution >= 4 is 33.6 Å². The highest BCUT2D eigenvalue weighted by molar-refractivity contribution is 7.89. The number of carbonyl (C=O) groups excluding carboxylic acids is 1. The first-order valence-electron chi connectivity index (χ1n) is 9.58. The predicted octanol–water partition coefficient (Wildman–Crippen LogP) is 3.55. The molecule has 0 bridgehead atoms. The number of carbonyl (C=O) groups is 1. The lowest BCUT2D eigenvalue weighted by Gasteiger charge is -2.15. The Morgan fingerprint density at radius 1 is 1.19 bits per heavy atom. The number of hydrogen-bond donors (Lipinski definition) is 1. The molecule has 1 aromatic heterocycles. The predicted molar refractivity (Wildman–Crippen MR) is 121 cm³/mol. The molecular weight excluding hydrogens is 455 g/mol. The van der Waals surface area contributed by atoms with Gasteiger partial charge in [-0.05, 0) is 48.9 Å². The number of aromatic nitrogens is 2. The second-order valence-electron chi connectivity index (χ2n) is 7.12. The standard InChI is InChI=1S/C22H22ClFN4O3S/c1-15-19(22(23)28(26-15)18-10-8-17(24)9-11-18)12-13-21(29)25-14-16-6-4-5-7-20(16)32(30,31)27(2)3/h4-13H,14H2,1-3H3,(H,25,29)/b13-12+. The van der Waals surface area contributed by atoms with Crippen LogP contribution in [0.1, 0.15) is 16.8 Å². The molecule has 0 aliphatic rings. The third-order valence-electron chi connectivity index (χ3n) is 4.70. The van der Waals surface area contributed by atoms with E-state index in [9.17, 15) is 17.6 Å². The van der Waals surface area contributed by atoms with Gasteiger partial charge in [-0.25, -0.2) is 21.8 Å². The molecule has 1 amide bonds. The van der Waals surface area contributed by atoms with Gasteiger partial charge in [-0.1, -0.05) is 29.8 Å². The summed E-state index contributed by atoms with van der Waals surface area (Å²) in [5.74, 6) is -0.794. The van der Waals surface area contributed by atoms with E-state index >= 15 is 0 Å². The molecular formula is C22H22ClFN4O3S. The number of aryl methyl sites for hydroxylation is 1. The van der Waals surface area contributed by atoms with E-state index in [1.165, 1.54) is 49.1 Å². The average molecular weight is 477 g/mol. The number of rotatable bonds is 7. The van der Waals surface area contributed by atoms with Crippen LogP contribution in [0.2, 0.25) is 5.15 Å². The summed E-state index contributed by atoms with van der Waals surface area (Å²) >= 11 is 6.41. The van der Waals surface area contributed by atoms with Gasteiger partial charge in [-0.15, -0.1) is 0 Å². The van der Waals surface area contributed by atoms with Crippen molar-refractivity contribution in [1.82, 2.24) is 19.4 Å². The second-order valence-corrected chi connectivity index (χ2v) is 9.60. The molecule has 2 aromatic carbocycles. The van der Waals surface area contributed by atoms with E-state index in [-0.39, 0.29) is 22.4 Å². The van der Waals surface area contributed by atoms with Crippen LogP contribution in [0.25, 0.3) is 11.8 Å². The van der Waals surface area contributed by atoms with Gasteiger partial charge in [-0.2, -0.15) is 5.10 Å². The van der Waals surface area contributed by atoms with E-state index in [0.29, 0.717) is 22.5 Å². The molecule has 1 N–H and O–H groups in total. The van der Waals surface area contributed by atoms with Crippen molar-refractivity contribution in [3.8, 4) is 5.69 Å². The Hall–Kier alpha value is -3.01. The van der Waals surface area contributed by atoms with Crippen LogP contribution in [-0.4, -0.2) is 42.5 Å². The molecule has 0 aliphatic carbocycles. The van der Waals surface area contributed by atoms with Crippen molar-refractivity contribution in [2.24, 2.45) is 0 Å². The number of hydrogen-bond acceptors (Lipinski definition) is 4. The van der Waals surface area contributed by atoms with Crippen LogP contribution in [0.3, 0.4) is 0 Å². The zero-order valence-electron chi connectivity index (χ0n) is 17.7. The van der Waals surface area contributed by atoms with Gasteiger partial charge >= 0.3 is 0 Å². The second kappa shape index (κ2) is 9.64. The van der Waals surface area contributed by atoms with Crippen LogP contribution in [0.5, 0.6) is 0 Å². The zero-order chi connectivity index (χ0) is 23.5. The lowest BCUT2D eigenvalue weighted by molar-refractivity contribution is -0.116. The van der Waals surface area contributed by atoms with Gasteiger partial charge in [0, 0.05) is 32.3 Å². The Labute approximate surface area is 191 Å². The Morgan fingerprint density at radius 3 is 2.50 bits per heavy atom. The van der Waals surface area contributed by atoms with Crippen molar-refractivity contribution in [3.05, 3.63) is 82.4 Å². The third-order valence-corrected chi connectivity index (χ3v) is 6.98. The molecule has 0 atom stereocenters. The first kappa shape index (κ1) is 23.6. The van der Waals surface area contributed by atoms with Gasteiger partial charge in [-0.3, -0.25) is 4.79 Å². The molecule has 0 saturated heterocycles. The van der Waals surface area contributed by atoms with E-state index in [4.69, 9.17) is 11.6 Å². The molecule has 0 radical (unpaired) electrons. The number of sulfonamides is 1. The number of nitrogens with zero attached hydrogens (tertiary/aromatic N) is 3. The summed E-state index contributed by atoms with van der Waals surface area (Å²) in [5.41, 5.74) is 2.19. The van der Waals surface area contributed by atoms with Crippen LogP contribution >= 0.6 is 11.6 Å². The fourth-order valence-electron chi connectivity index (χ4n) is 2.95. The first-order chi connectivity index (χ1) is 15.1. The molecule has 0 aliphatic heterocycles. The molecule has 0 unspecified atom stereocenters. The largest absolute Gasteiger partial charge is 0.348 e. The molecule has 10 heteroatoms. The van der Waals surface area contributed by atoms with Gasteiger partial charge in [0.2, 0.25) is 15.9 Å². The summed E-state index contributed by atoms with van der Waals surface area (Å²) in [4.78, 5) is 12.5. The van der Waals surface area contributed by atoms with Crippen LogP contribution < -0.4 is 5.32 Å². The highest BCUT2D eigenvalue weighted by Gasteiger charge is 2.20. The van der Waals surface area contributed by atoms with Crippen molar-refractivity contribution < 1.29 is 17.6 Å². The van der Waals surface area contributed by atoms with Crippen molar-refractivity contribution in [2.75, 3.05) is 14.1 Å². The molecule has 32 heavy (non-hydrogen) atoms. The topological polar surface area (TPSA) is 84.3 Å². The molecule has 7 nitrogen and oxygen atoms in total.